The van der Waals surface area contributed by atoms with Crippen molar-refractivity contribution in [2.24, 2.45) is 0 Å². The van der Waals surface area contributed by atoms with Gasteiger partial charge in [-0.2, -0.15) is 0 Å². The quantitative estimate of drug-likeness (QED) is 0.739. The van der Waals surface area contributed by atoms with Crippen LogP contribution in [0, 0.1) is 6.92 Å². The molecule has 0 heterocycles. The van der Waals surface area contributed by atoms with Gasteiger partial charge < -0.3 is 16.4 Å². The smallest absolute Gasteiger partial charge is 0.253 e. The number of anilines is 2. The fourth-order valence-corrected chi connectivity index (χ4v) is 2.26. The van der Waals surface area contributed by atoms with Crippen LogP contribution in [0.5, 0.6) is 0 Å². The Hall–Kier alpha value is -2.49. The first kappa shape index (κ1) is 14.9. The fraction of sp³-hybridized carbons (Fsp3) is 0.235. The van der Waals surface area contributed by atoms with Crippen LogP contribution in [0.4, 0.5) is 11.4 Å². The number of nitrogens with two attached hydrogens (primary N) is 1. The zero-order valence-electron chi connectivity index (χ0n) is 12.4. The van der Waals surface area contributed by atoms with Crippen LogP contribution in [0.3, 0.4) is 0 Å². The van der Waals surface area contributed by atoms with E-state index in [0.717, 1.165) is 18.7 Å². The van der Waals surface area contributed by atoms with Crippen LogP contribution in [0.1, 0.15) is 21.5 Å². The molecular formula is C17H21N3O. The number of hydrogen-bond donors (Lipinski definition) is 3. The van der Waals surface area contributed by atoms with E-state index in [1.807, 2.05) is 12.1 Å². The van der Waals surface area contributed by atoms with Gasteiger partial charge in [0.15, 0.2) is 0 Å². The standard InChI is InChI=1S/C17H21N3O/c1-12-5-3-4-6-13(12)9-10-20-16-11-14(18)7-8-15(16)17(21)19-2/h3-8,11,20H,9-10,18H2,1-2H3,(H,19,21). The van der Waals surface area contributed by atoms with Gasteiger partial charge >= 0.3 is 0 Å². The highest BCUT2D eigenvalue weighted by Gasteiger charge is 2.10. The van der Waals surface area contributed by atoms with Gasteiger partial charge in [-0.1, -0.05) is 24.3 Å². The van der Waals surface area contributed by atoms with Crippen molar-refractivity contribution in [1.82, 2.24) is 5.32 Å². The molecule has 110 valence electrons. The van der Waals surface area contributed by atoms with Crippen LogP contribution < -0.4 is 16.4 Å². The normalized spacial score (nSPS) is 10.2. The minimum atomic E-state index is -0.117. The maximum atomic E-state index is 11.8. The molecule has 0 unspecified atom stereocenters. The number of amides is 1. The van der Waals surface area contributed by atoms with E-state index >= 15 is 0 Å². The van der Waals surface area contributed by atoms with E-state index in [1.54, 1.807) is 25.2 Å². The third-order valence-corrected chi connectivity index (χ3v) is 3.49. The van der Waals surface area contributed by atoms with Gasteiger partial charge in [0.2, 0.25) is 0 Å². The van der Waals surface area contributed by atoms with Crippen LogP contribution in [0.15, 0.2) is 42.5 Å². The summed E-state index contributed by atoms with van der Waals surface area (Å²) >= 11 is 0. The zero-order valence-corrected chi connectivity index (χ0v) is 12.4. The number of nitrogens with one attached hydrogen (secondary N) is 2. The largest absolute Gasteiger partial charge is 0.399 e. The second-order valence-corrected chi connectivity index (χ2v) is 4.99. The van der Waals surface area contributed by atoms with Gasteiger partial charge in [-0.05, 0) is 42.7 Å². The highest BCUT2D eigenvalue weighted by Crippen LogP contribution is 2.19. The molecule has 0 aliphatic rings. The van der Waals surface area contributed by atoms with Gasteiger partial charge in [0, 0.05) is 25.0 Å². The zero-order chi connectivity index (χ0) is 15.2. The minimum Gasteiger partial charge on any atom is -0.399 e. The second kappa shape index (κ2) is 6.79. The molecule has 0 spiro atoms. The lowest BCUT2D eigenvalue weighted by atomic mass is 10.1. The van der Waals surface area contributed by atoms with Crippen molar-refractivity contribution >= 4 is 17.3 Å². The van der Waals surface area contributed by atoms with Crippen molar-refractivity contribution in [2.45, 2.75) is 13.3 Å². The SMILES string of the molecule is CNC(=O)c1ccc(N)cc1NCCc1ccccc1C. The number of rotatable bonds is 5. The van der Waals surface area contributed by atoms with E-state index in [-0.39, 0.29) is 5.91 Å². The number of aryl methyl sites for hydroxylation is 1. The summed E-state index contributed by atoms with van der Waals surface area (Å²) in [5, 5.41) is 5.94. The Labute approximate surface area is 125 Å². The van der Waals surface area contributed by atoms with Crippen LogP contribution in [0.2, 0.25) is 0 Å². The molecule has 0 bridgehead atoms. The predicted octanol–water partition coefficient (Wildman–Crippen LogP) is 2.59. The highest BCUT2D eigenvalue weighted by molar-refractivity contribution is 6.00. The number of nitrogen functional groups attached to an aromatic ring is 1. The van der Waals surface area contributed by atoms with E-state index in [4.69, 9.17) is 5.73 Å². The average molecular weight is 283 g/mol. The van der Waals surface area contributed by atoms with Crippen LogP contribution >= 0.6 is 0 Å². The molecule has 0 atom stereocenters. The molecule has 21 heavy (non-hydrogen) atoms. The van der Waals surface area contributed by atoms with E-state index < -0.39 is 0 Å². The maximum Gasteiger partial charge on any atom is 0.253 e. The molecule has 4 nitrogen and oxygen atoms in total. The first-order valence-corrected chi connectivity index (χ1v) is 7.02. The van der Waals surface area contributed by atoms with E-state index in [2.05, 4.69) is 29.7 Å². The Morgan fingerprint density at radius 1 is 1.19 bits per heavy atom. The Morgan fingerprint density at radius 2 is 1.95 bits per heavy atom. The van der Waals surface area contributed by atoms with Gasteiger partial charge in [0.05, 0.1) is 5.56 Å². The molecule has 0 saturated carbocycles. The maximum absolute atomic E-state index is 11.8. The molecule has 4 heteroatoms. The number of carbonyl (C=O) groups is 1. The summed E-state index contributed by atoms with van der Waals surface area (Å²) in [4.78, 5) is 11.8. The lowest BCUT2D eigenvalue weighted by Crippen LogP contribution is -2.20. The number of benzene rings is 2. The van der Waals surface area contributed by atoms with Crippen molar-refractivity contribution in [1.29, 1.82) is 0 Å². The molecule has 2 aromatic rings. The number of hydrogen-bond acceptors (Lipinski definition) is 3. The fourth-order valence-electron chi connectivity index (χ4n) is 2.26. The summed E-state index contributed by atoms with van der Waals surface area (Å²) in [7, 11) is 1.62. The molecule has 0 radical (unpaired) electrons. The van der Waals surface area contributed by atoms with Crippen LogP contribution in [0.25, 0.3) is 0 Å². The molecule has 2 aromatic carbocycles. The molecular weight excluding hydrogens is 262 g/mol. The summed E-state index contributed by atoms with van der Waals surface area (Å²) in [5.41, 5.74) is 10.4. The first-order chi connectivity index (χ1) is 10.1. The Kier molecular flexibility index (Phi) is 4.82. The lowest BCUT2D eigenvalue weighted by molar-refractivity contribution is 0.0964. The summed E-state index contributed by atoms with van der Waals surface area (Å²) in [6.45, 7) is 2.85. The molecule has 4 N–H and O–H groups in total. The van der Waals surface area contributed by atoms with E-state index in [1.165, 1.54) is 11.1 Å². The monoisotopic (exact) mass is 283 g/mol. The van der Waals surface area contributed by atoms with Crippen molar-refractivity contribution in [2.75, 3.05) is 24.6 Å². The van der Waals surface area contributed by atoms with Gasteiger partial charge in [-0.15, -0.1) is 0 Å². The van der Waals surface area contributed by atoms with Crippen molar-refractivity contribution in [3.05, 3.63) is 59.2 Å². The van der Waals surface area contributed by atoms with Crippen molar-refractivity contribution in [3.8, 4) is 0 Å². The van der Waals surface area contributed by atoms with Gasteiger partial charge in [-0.25, -0.2) is 0 Å². The van der Waals surface area contributed by atoms with Crippen LogP contribution in [-0.4, -0.2) is 19.5 Å². The Bertz CT molecular complexity index is 638. The summed E-state index contributed by atoms with van der Waals surface area (Å²) in [6, 6.07) is 13.6. The van der Waals surface area contributed by atoms with E-state index in [0.29, 0.717) is 11.3 Å². The van der Waals surface area contributed by atoms with Crippen molar-refractivity contribution < 1.29 is 4.79 Å². The Morgan fingerprint density at radius 3 is 2.67 bits per heavy atom. The number of carbonyl (C=O) groups excluding carboxylic acids is 1. The van der Waals surface area contributed by atoms with Gasteiger partial charge in [-0.3, -0.25) is 4.79 Å². The van der Waals surface area contributed by atoms with Gasteiger partial charge in [0.1, 0.15) is 0 Å². The van der Waals surface area contributed by atoms with Crippen molar-refractivity contribution in [3.63, 3.8) is 0 Å². The third-order valence-electron chi connectivity index (χ3n) is 3.49. The molecule has 0 aliphatic carbocycles. The Balaban J connectivity index is 2.08. The molecule has 1 amide bonds. The third kappa shape index (κ3) is 3.75. The molecule has 0 fully saturated rings. The van der Waals surface area contributed by atoms with Crippen LogP contribution in [-0.2, 0) is 6.42 Å². The summed E-state index contributed by atoms with van der Waals surface area (Å²) < 4.78 is 0. The summed E-state index contributed by atoms with van der Waals surface area (Å²) in [6.07, 6.45) is 0.897. The average Bonchev–Trinajstić information content (AvgIpc) is 2.48. The van der Waals surface area contributed by atoms with E-state index in [9.17, 15) is 4.79 Å². The molecule has 2 rings (SSSR count). The highest BCUT2D eigenvalue weighted by atomic mass is 16.1. The first-order valence-electron chi connectivity index (χ1n) is 7.02. The predicted molar refractivity (Wildman–Crippen MR) is 87.6 cm³/mol. The van der Waals surface area contributed by atoms with Gasteiger partial charge in [0.25, 0.3) is 5.91 Å². The summed E-state index contributed by atoms with van der Waals surface area (Å²) in [5.74, 6) is -0.117. The second-order valence-electron chi connectivity index (χ2n) is 4.99. The molecule has 0 aromatic heterocycles. The topological polar surface area (TPSA) is 67.2 Å². The molecule has 0 saturated heterocycles. The minimum absolute atomic E-state index is 0.117. The molecule has 0 aliphatic heterocycles. The lowest BCUT2D eigenvalue weighted by Gasteiger charge is -2.13.